The molecule has 1 heterocycles. The van der Waals surface area contributed by atoms with E-state index < -0.39 is 11.6 Å². The number of halogens is 3. The van der Waals surface area contributed by atoms with Crippen molar-refractivity contribution in [3.63, 3.8) is 0 Å². The van der Waals surface area contributed by atoms with Crippen molar-refractivity contribution in [1.29, 1.82) is 0 Å². The quantitative estimate of drug-likeness (QED) is 0.763. The van der Waals surface area contributed by atoms with E-state index >= 15 is 0 Å². The van der Waals surface area contributed by atoms with Crippen LogP contribution in [0.5, 0.6) is 0 Å². The van der Waals surface area contributed by atoms with Gasteiger partial charge in [-0.15, -0.1) is 11.6 Å². The van der Waals surface area contributed by atoms with Crippen LogP contribution < -0.4 is 0 Å². The Balaban J connectivity index is 2.03. The summed E-state index contributed by atoms with van der Waals surface area (Å²) in [4.78, 5) is 4.22. The smallest absolute Gasteiger partial charge is 0.153 e. The number of imidazole rings is 1. The standard InChI is InChI=1S/C15H17ClF2N2/c1-9-2-3-10(4-9)8-20-13-6-11(17)5-12(18)15(13)19-14(20)7-16/h5-6,9-10H,2-4,7-8H2,1H3. The summed E-state index contributed by atoms with van der Waals surface area (Å²) in [6.45, 7) is 2.99. The highest BCUT2D eigenvalue weighted by Gasteiger charge is 2.24. The zero-order valence-electron chi connectivity index (χ0n) is 11.4. The van der Waals surface area contributed by atoms with Gasteiger partial charge in [-0.05, 0) is 30.7 Å². The molecule has 108 valence electrons. The molecule has 1 aromatic carbocycles. The van der Waals surface area contributed by atoms with E-state index in [2.05, 4.69) is 11.9 Å². The summed E-state index contributed by atoms with van der Waals surface area (Å²) in [6.07, 6.45) is 3.52. The van der Waals surface area contributed by atoms with Crippen LogP contribution in [-0.4, -0.2) is 9.55 Å². The number of aromatic nitrogens is 2. The number of hydrogen-bond acceptors (Lipinski definition) is 1. The number of fused-ring (bicyclic) bond motifs is 1. The Kier molecular flexibility index (Phi) is 3.67. The Morgan fingerprint density at radius 1 is 1.35 bits per heavy atom. The molecule has 3 rings (SSSR count). The fourth-order valence-electron chi connectivity index (χ4n) is 3.25. The molecule has 1 aliphatic carbocycles. The van der Waals surface area contributed by atoms with Crippen LogP contribution in [0.15, 0.2) is 12.1 Å². The van der Waals surface area contributed by atoms with Gasteiger partial charge in [-0.2, -0.15) is 0 Å². The number of nitrogens with zero attached hydrogens (tertiary/aromatic N) is 2. The van der Waals surface area contributed by atoms with E-state index in [1.807, 2.05) is 4.57 Å². The average Bonchev–Trinajstić information content (AvgIpc) is 2.95. The summed E-state index contributed by atoms with van der Waals surface area (Å²) in [7, 11) is 0. The van der Waals surface area contributed by atoms with Gasteiger partial charge in [0.15, 0.2) is 5.82 Å². The summed E-state index contributed by atoms with van der Waals surface area (Å²) < 4.78 is 29.1. The second-order valence-electron chi connectivity index (χ2n) is 5.81. The molecule has 1 aromatic heterocycles. The molecule has 0 radical (unpaired) electrons. The van der Waals surface area contributed by atoms with Gasteiger partial charge in [0.2, 0.25) is 0 Å². The lowest BCUT2D eigenvalue weighted by atomic mass is 10.1. The molecule has 2 unspecified atom stereocenters. The molecule has 0 bridgehead atoms. The maximum Gasteiger partial charge on any atom is 0.153 e. The zero-order chi connectivity index (χ0) is 14.3. The molecule has 0 N–H and O–H groups in total. The zero-order valence-corrected chi connectivity index (χ0v) is 12.1. The number of alkyl halides is 1. The first-order valence-electron chi connectivity index (χ1n) is 6.98. The SMILES string of the molecule is CC1CCC(Cn2c(CCl)nc3c(F)cc(F)cc32)C1. The molecule has 5 heteroatoms. The van der Waals surface area contributed by atoms with Gasteiger partial charge >= 0.3 is 0 Å². The van der Waals surface area contributed by atoms with Gasteiger partial charge in [0, 0.05) is 12.6 Å². The van der Waals surface area contributed by atoms with Crippen LogP contribution in [0.25, 0.3) is 11.0 Å². The highest BCUT2D eigenvalue weighted by atomic mass is 35.5. The Morgan fingerprint density at radius 2 is 2.15 bits per heavy atom. The van der Waals surface area contributed by atoms with Crippen molar-refractivity contribution in [2.75, 3.05) is 0 Å². The Labute approximate surface area is 121 Å². The molecule has 0 spiro atoms. The van der Waals surface area contributed by atoms with Gasteiger partial charge in [-0.1, -0.05) is 13.3 Å². The van der Waals surface area contributed by atoms with Crippen molar-refractivity contribution >= 4 is 22.6 Å². The van der Waals surface area contributed by atoms with E-state index in [0.717, 1.165) is 31.4 Å². The molecule has 2 nitrogen and oxygen atoms in total. The van der Waals surface area contributed by atoms with Crippen molar-refractivity contribution in [1.82, 2.24) is 9.55 Å². The summed E-state index contributed by atoms with van der Waals surface area (Å²) in [5.41, 5.74) is 0.728. The van der Waals surface area contributed by atoms with Crippen LogP contribution in [0.2, 0.25) is 0 Å². The first kappa shape index (κ1) is 13.8. The minimum atomic E-state index is -0.620. The molecule has 1 saturated carbocycles. The topological polar surface area (TPSA) is 17.8 Å². The lowest BCUT2D eigenvalue weighted by molar-refractivity contribution is 0.441. The number of hydrogen-bond donors (Lipinski definition) is 0. The van der Waals surface area contributed by atoms with E-state index in [-0.39, 0.29) is 11.4 Å². The van der Waals surface area contributed by atoms with Crippen LogP contribution in [0.4, 0.5) is 8.78 Å². The summed E-state index contributed by atoms with van der Waals surface area (Å²) in [5.74, 6) is 0.893. The summed E-state index contributed by atoms with van der Waals surface area (Å²) in [5, 5.41) is 0. The maximum absolute atomic E-state index is 13.8. The van der Waals surface area contributed by atoms with Gasteiger partial charge in [-0.3, -0.25) is 0 Å². The van der Waals surface area contributed by atoms with Crippen LogP contribution in [0.1, 0.15) is 32.0 Å². The monoisotopic (exact) mass is 298 g/mol. The van der Waals surface area contributed by atoms with Crippen molar-refractivity contribution in [3.8, 4) is 0 Å². The second-order valence-corrected chi connectivity index (χ2v) is 6.08. The van der Waals surface area contributed by atoms with Gasteiger partial charge in [-0.25, -0.2) is 13.8 Å². The second kappa shape index (κ2) is 5.32. The molecule has 0 aliphatic heterocycles. The largest absolute Gasteiger partial charge is 0.327 e. The molecular formula is C15H17ClF2N2. The Bertz CT molecular complexity index is 638. The molecule has 1 aliphatic rings. The lowest BCUT2D eigenvalue weighted by Crippen LogP contribution is -2.10. The van der Waals surface area contributed by atoms with Crippen LogP contribution in [0.3, 0.4) is 0 Å². The fourth-order valence-corrected chi connectivity index (χ4v) is 3.46. The van der Waals surface area contributed by atoms with Gasteiger partial charge < -0.3 is 4.57 Å². The van der Waals surface area contributed by atoms with E-state index in [9.17, 15) is 8.78 Å². The molecule has 2 aromatic rings. The average molecular weight is 299 g/mol. The third-order valence-corrected chi connectivity index (χ3v) is 4.45. The van der Waals surface area contributed by atoms with Gasteiger partial charge in [0.25, 0.3) is 0 Å². The van der Waals surface area contributed by atoms with Gasteiger partial charge in [0.1, 0.15) is 17.2 Å². The maximum atomic E-state index is 13.8. The van der Waals surface area contributed by atoms with Crippen molar-refractivity contribution in [2.24, 2.45) is 11.8 Å². The van der Waals surface area contributed by atoms with Gasteiger partial charge in [0.05, 0.1) is 11.4 Å². The molecule has 2 atom stereocenters. The highest BCUT2D eigenvalue weighted by Crippen LogP contribution is 2.33. The van der Waals surface area contributed by atoms with E-state index in [4.69, 9.17) is 11.6 Å². The summed E-state index contributed by atoms with van der Waals surface area (Å²) >= 11 is 5.91. The van der Waals surface area contributed by atoms with Crippen LogP contribution in [-0.2, 0) is 12.4 Å². The normalized spacial score (nSPS) is 22.8. The lowest BCUT2D eigenvalue weighted by Gasteiger charge is -2.13. The third kappa shape index (κ3) is 2.41. The summed E-state index contributed by atoms with van der Waals surface area (Å²) in [6, 6.07) is 2.22. The number of rotatable bonds is 3. The van der Waals surface area contributed by atoms with Crippen LogP contribution in [0, 0.1) is 23.5 Å². The third-order valence-electron chi connectivity index (χ3n) is 4.21. The minimum Gasteiger partial charge on any atom is -0.327 e. The molecule has 1 fully saturated rings. The Morgan fingerprint density at radius 3 is 2.80 bits per heavy atom. The van der Waals surface area contributed by atoms with Crippen molar-refractivity contribution < 1.29 is 8.78 Å². The first-order valence-corrected chi connectivity index (χ1v) is 7.52. The predicted octanol–water partition coefficient (Wildman–Crippen LogP) is 4.49. The highest BCUT2D eigenvalue weighted by molar-refractivity contribution is 6.16. The van der Waals surface area contributed by atoms with Crippen molar-refractivity contribution in [3.05, 3.63) is 29.6 Å². The van der Waals surface area contributed by atoms with E-state index in [1.54, 1.807) is 0 Å². The molecule has 0 amide bonds. The number of benzene rings is 1. The minimum absolute atomic E-state index is 0.206. The van der Waals surface area contributed by atoms with Crippen molar-refractivity contribution in [2.45, 2.75) is 38.6 Å². The molecule has 0 saturated heterocycles. The molecular weight excluding hydrogens is 282 g/mol. The Hall–Kier alpha value is -1.16. The fraction of sp³-hybridized carbons (Fsp3) is 0.533. The first-order chi connectivity index (χ1) is 9.58. The van der Waals surface area contributed by atoms with Crippen LogP contribution >= 0.6 is 11.6 Å². The van der Waals surface area contributed by atoms with E-state index in [1.165, 1.54) is 12.5 Å². The molecule has 20 heavy (non-hydrogen) atoms. The van der Waals surface area contributed by atoms with E-state index in [0.29, 0.717) is 17.3 Å². The predicted molar refractivity (Wildman–Crippen MR) is 75.7 cm³/mol.